The number of amides is 1. The molecule has 1 atom stereocenters. The lowest BCUT2D eigenvalue weighted by Gasteiger charge is -2.29. The van der Waals surface area contributed by atoms with E-state index >= 15 is 0 Å². The van der Waals surface area contributed by atoms with Crippen LogP contribution in [0, 0.1) is 0 Å². The van der Waals surface area contributed by atoms with Gasteiger partial charge in [0.1, 0.15) is 0 Å². The maximum Gasteiger partial charge on any atom is 0.237 e. The predicted molar refractivity (Wildman–Crippen MR) is 83.5 cm³/mol. The standard InChI is InChI=1S/C16H27N3O/c1-4-18-16(2,15(17)20)11-13-19(3)12-10-14-8-6-5-7-9-14/h5-9,18H,4,10-13H2,1-3H3,(H2,17,20). The number of primary amides is 1. The lowest BCUT2D eigenvalue weighted by molar-refractivity contribution is -0.124. The minimum Gasteiger partial charge on any atom is -0.368 e. The molecule has 0 radical (unpaired) electrons. The minimum atomic E-state index is -0.615. The zero-order valence-electron chi connectivity index (χ0n) is 12.9. The first kappa shape index (κ1) is 16.7. The first-order chi connectivity index (χ1) is 9.48. The average molecular weight is 277 g/mol. The highest BCUT2D eigenvalue weighted by Crippen LogP contribution is 2.10. The molecule has 1 aromatic rings. The van der Waals surface area contributed by atoms with Crippen molar-refractivity contribution in [2.24, 2.45) is 5.73 Å². The summed E-state index contributed by atoms with van der Waals surface area (Å²) in [5.41, 5.74) is 6.21. The molecule has 0 spiro atoms. The van der Waals surface area contributed by atoms with Crippen molar-refractivity contribution in [2.75, 3.05) is 26.7 Å². The summed E-state index contributed by atoms with van der Waals surface area (Å²) in [6, 6.07) is 10.4. The molecule has 0 saturated heterocycles. The van der Waals surface area contributed by atoms with E-state index in [1.807, 2.05) is 19.9 Å². The van der Waals surface area contributed by atoms with Crippen molar-refractivity contribution >= 4 is 5.91 Å². The first-order valence-corrected chi connectivity index (χ1v) is 7.25. The Kier molecular flexibility index (Phi) is 6.68. The van der Waals surface area contributed by atoms with E-state index in [1.54, 1.807) is 0 Å². The molecule has 3 N–H and O–H groups in total. The molecule has 1 aromatic carbocycles. The molecule has 1 amide bonds. The van der Waals surface area contributed by atoms with Gasteiger partial charge in [-0.25, -0.2) is 0 Å². The molecule has 0 heterocycles. The van der Waals surface area contributed by atoms with Crippen LogP contribution in [0.15, 0.2) is 30.3 Å². The molecule has 4 nitrogen and oxygen atoms in total. The number of carbonyl (C=O) groups is 1. The highest BCUT2D eigenvalue weighted by molar-refractivity contribution is 5.84. The molecule has 0 fully saturated rings. The molecule has 0 aliphatic heterocycles. The third kappa shape index (κ3) is 5.31. The Morgan fingerprint density at radius 3 is 2.50 bits per heavy atom. The van der Waals surface area contributed by atoms with Crippen LogP contribution in [0.25, 0.3) is 0 Å². The molecule has 1 unspecified atom stereocenters. The fraction of sp³-hybridized carbons (Fsp3) is 0.562. The quantitative estimate of drug-likeness (QED) is 0.717. The van der Waals surface area contributed by atoms with Gasteiger partial charge in [-0.3, -0.25) is 4.79 Å². The molecular formula is C16H27N3O. The molecule has 0 aliphatic carbocycles. The van der Waals surface area contributed by atoms with Gasteiger partial charge in [0.05, 0.1) is 5.54 Å². The Morgan fingerprint density at radius 1 is 1.30 bits per heavy atom. The molecule has 0 saturated carbocycles. The number of carbonyl (C=O) groups excluding carboxylic acids is 1. The molecule has 1 rings (SSSR count). The maximum absolute atomic E-state index is 11.5. The van der Waals surface area contributed by atoms with Crippen molar-refractivity contribution in [1.29, 1.82) is 0 Å². The predicted octanol–water partition coefficient (Wildman–Crippen LogP) is 1.40. The SMILES string of the molecule is CCNC(C)(CCN(C)CCc1ccccc1)C(N)=O. The fourth-order valence-corrected chi connectivity index (χ4v) is 2.18. The normalized spacial score (nSPS) is 14.2. The Balaban J connectivity index is 2.38. The van der Waals surface area contributed by atoms with Gasteiger partial charge < -0.3 is 16.0 Å². The van der Waals surface area contributed by atoms with Crippen LogP contribution in [0.4, 0.5) is 0 Å². The van der Waals surface area contributed by atoms with Gasteiger partial charge in [-0.1, -0.05) is 37.3 Å². The number of hydrogen-bond acceptors (Lipinski definition) is 3. The van der Waals surface area contributed by atoms with E-state index in [-0.39, 0.29) is 5.91 Å². The molecular weight excluding hydrogens is 250 g/mol. The van der Waals surface area contributed by atoms with Crippen LogP contribution in [0.5, 0.6) is 0 Å². The topological polar surface area (TPSA) is 58.4 Å². The van der Waals surface area contributed by atoms with E-state index in [0.717, 1.165) is 32.5 Å². The second-order valence-electron chi connectivity index (χ2n) is 5.52. The van der Waals surface area contributed by atoms with Gasteiger partial charge in [0.15, 0.2) is 0 Å². The highest BCUT2D eigenvalue weighted by atomic mass is 16.1. The summed E-state index contributed by atoms with van der Waals surface area (Å²) in [7, 11) is 2.08. The smallest absolute Gasteiger partial charge is 0.237 e. The number of rotatable bonds is 9. The zero-order chi connectivity index (χ0) is 15.0. The third-order valence-corrected chi connectivity index (χ3v) is 3.73. The van der Waals surface area contributed by atoms with Crippen LogP contribution in [0.2, 0.25) is 0 Å². The number of nitrogens with two attached hydrogens (primary N) is 1. The van der Waals surface area contributed by atoms with Gasteiger partial charge in [-0.15, -0.1) is 0 Å². The van der Waals surface area contributed by atoms with Gasteiger partial charge in [0.2, 0.25) is 5.91 Å². The Bertz CT molecular complexity index is 407. The van der Waals surface area contributed by atoms with E-state index in [0.29, 0.717) is 0 Å². The van der Waals surface area contributed by atoms with Gasteiger partial charge in [-0.2, -0.15) is 0 Å². The molecule has 0 bridgehead atoms. The third-order valence-electron chi connectivity index (χ3n) is 3.73. The van der Waals surface area contributed by atoms with Gasteiger partial charge in [0.25, 0.3) is 0 Å². The van der Waals surface area contributed by atoms with Crippen LogP contribution in [-0.2, 0) is 11.2 Å². The molecule has 20 heavy (non-hydrogen) atoms. The van der Waals surface area contributed by atoms with Crippen molar-refractivity contribution in [2.45, 2.75) is 32.2 Å². The van der Waals surface area contributed by atoms with Gasteiger partial charge >= 0.3 is 0 Å². The number of nitrogens with one attached hydrogen (secondary N) is 1. The van der Waals surface area contributed by atoms with Crippen molar-refractivity contribution in [3.63, 3.8) is 0 Å². The van der Waals surface area contributed by atoms with Crippen molar-refractivity contribution in [3.8, 4) is 0 Å². The van der Waals surface area contributed by atoms with E-state index < -0.39 is 5.54 Å². The molecule has 0 aromatic heterocycles. The Labute approximate surface area is 122 Å². The van der Waals surface area contributed by atoms with E-state index in [1.165, 1.54) is 5.56 Å². The Hall–Kier alpha value is -1.39. The summed E-state index contributed by atoms with van der Waals surface area (Å²) >= 11 is 0. The summed E-state index contributed by atoms with van der Waals surface area (Å²) in [5, 5.41) is 3.19. The number of benzene rings is 1. The van der Waals surface area contributed by atoms with Crippen LogP contribution in [-0.4, -0.2) is 43.0 Å². The number of nitrogens with zero attached hydrogens (tertiary/aromatic N) is 1. The van der Waals surface area contributed by atoms with E-state index in [9.17, 15) is 4.79 Å². The van der Waals surface area contributed by atoms with Crippen LogP contribution < -0.4 is 11.1 Å². The van der Waals surface area contributed by atoms with Crippen molar-refractivity contribution in [3.05, 3.63) is 35.9 Å². The second kappa shape index (κ2) is 8.02. The highest BCUT2D eigenvalue weighted by Gasteiger charge is 2.29. The van der Waals surface area contributed by atoms with Crippen LogP contribution in [0.1, 0.15) is 25.8 Å². The maximum atomic E-state index is 11.5. The second-order valence-corrected chi connectivity index (χ2v) is 5.52. The Morgan fingerprint density at radius 2 is 1.95 bits per heavy atom. The lowest BCUT2D eigenvalue weighted by Crippen LogP contribution is -2.54. The number of likely N-dealkylation sites (N-methyl/N-ethyl adjacent to an activating group) is 2. The van der Waals surface area contributed by atoms with Crippen LogP contribution in [0.3, 0.4) is 0 Å². The van der Waals surface area contributed by atoms with E-state index in [4.69, 9.17) is 5.73 Å². The van der Waals surface area contributed by atoms with Crippen molar-refractivity contribution < 1.29 is 4.79 Å². The summed E-state index contributed by atoms with van der Waals surface area (Å²) in [5.74, 6) is -0.282. The largest absolute Gasteiger partial charge is 0.368 e. The average Bonchev–Trinajstić information content (AvgIpc) is 2.44. The first-order valence-electron chi connectivity index (χ1n) is 7.25. The minimum absolute atomic E-state index is 0.282. The molecule has 112 valence electrons. The van der Waals surface area contributed by atoms with Gasteiger partial charge in [-0.05, 0) is 38.9 Å². The zero-order valence-corrected chi connectivity index (χ0v) is 12.9. The number of hydrogen-bond donors (Lipinski definition) is 2. The summed E-state index contributed by atoms with van der Waals surface area (Å²) in [4.78, 5) is 13.8. The summed E-state index contributed by atoms with van der Waals surface area (Å²) in [6.07, 6.45) is 1.74. The summed E-state index contributed by atoms with van der Waals surface area (Å²) in [6.45, 7) is 6.43. The summed E-state index contributed by atoms with van der Waals surface area (Å²) < 4.78 is 0. The lowest BCUT2D eigenvalue weighted by atomic mass is 9.96. The van der Waals surface area contributed by atoms with E-state index in [2.05, 4.69) is 41.5 Å². The van der Waals surface area contributed by atoms with Gasteiger partial charge in [0, 0.05) is 13.1 Å². The monoisotopic (exact) mass is 277 g/mol. The van der Waals surface area contributed by atoms with Crippen LogP contribution >= 0.6 is 0 Å². The fourth-order valence-electron chi connectivity index (χ4n) is 2.18. The molecule has 4 heteroatoms. The molecule has 0 aliphatic rings. The van der Waals surface area contributed by atoms with Crippen molar-refractivity contribution in [1.82, 2.24) is 10.2 Å².